The number of nitrogens with one attached hydrogen (secondary N) is 1. The molecule has 0 aliphatic carbocycles. The summed E-state index contributed by atoms with van der Waals surface area (Å²) in [6, 6.07) is 19.6. The molecule has 0 bridgehead atoms. The fourth-order valence-electron chi connectivity index (χ4n) is 3.87. The Morgan fingerprint density at radius 3 is 2.58 bits per heavy atom. The first kappa shape index (κ1) is 22.1. The van der Waals surface area contributed by atoms with Gasteiger partial charge in [0.2, 0.25) is 0 Å². The molecule has 6 heteroatoms. The number of halogens is 1. The van der Waals surface area contributed by atoms with Crippen molar-refractivity contribution in [2.75, 3.05) is 0 Å². The molecule has 2 atom stereocenters. The van der Waals surface area contributed by atoms with Gasteiger partial charge in [-0.25, -0.2) is 4.39 Å². The Morgan fingerprint density at radius 1 is 1.12 bits per heavy atom. The van der Waals surface area contributed by atoms with Gasteiger partial charge in [0.25, 0.3) is 0 Å². The highest BCUT2D eigenvalue weighted by Crippen LogP contribution is 2.31. The lowest BCUT2D eigenvalue weighted by Crippen LogP contribution is -2.12. The van der Waals surface area contributed by atoms with Crippen LogP contribution in [0.25, 0.3) is 10.9 Å². The number of carboxylic acid groups (broad SMARTS) is 1. The van der Waals surface area contributed by atoms with Crippen molar-refractivity contribution in [3.8, 4) is 17.6 Å². The minimum Gasteiger partial charge on any atom is -0.485 e. The van der Waals surface area contributed by atoms with Crippen LogP contribution in [0, 0.1) is 17.7 Å². The van der Waals surface area contributed by atoms with E-state index in [-0.39, 0.29) is 24.3 Å². The molecule has 0 saturated heterocycles. The summed E-state index contributed by atoms with van der Waals surface area (Å²) >= 11 is 0. The van der Waals surface area contributed by atoms with Crippen LogP contribution in [0.3, 0.4) is 0 Å². The average molecular weight is 442 g/mol. The van der Waals surface area contributed by atoms with Crippen LogP contribution in [-0.2, 0) is 11.2 Å². The third kappa shape index (κ3) is 5.39. The highest BCUT2D eigenvalue weighted by Gasteiger charge is 2.19. The highest BCUT2D eigenvalue weighted by molar-refractivity contribution is 5.82. The lowest BCUT2D eigenvalue weighted by atomic mass is 9.96. The third-order valence-electron chi connectivity index (χ3n) is 5.46. The highest BCUT2D eigenvalue weighted by atomic mass is 19.1. The number of carbonyl (C=O) groups is 1. The van der Waals surface area contributed by atoms with Gasteiger partial charge >= 0.3 is 5.97 Å². The van der Waals surface area contributed by atoms with E-state index in [0.29, 0.717) is 12.2 Å². The maximum Gasteiger partial charge on any atom is 0.304 e. The van der Waals surface area contributed by atoms with Crippen molar-refractivity contribution in [2.45, 2.75) is 31.8 Å². The van der Waals surface area contributed by atoms with Crippen molar-refractivity contribution in [1.82, 2.24) is 10.2 Å². The number of benzene rings is 3. The van der Waals surface area contributed by atoms with Gasteiger partial charge in [-0.1, -0.05) is 42.3 Å². The fraction of sp³-hybridized carbons (Fsp3) is 0.185. The van der Waals surface area contributed by atoms with E-state index in [2.05, 4.69) is 22.0 Å². The zero-order valence-electron chi connectivity index (χ0n) is 18.1. The summed E-state index contributed by atoms with van der Waals surface area (Å²) in [6.07, 6.45) is 1.91. The molecule has 166 valence electrons. The van der Waals surface area contributed by atoms with Crippen molar-refractivity contribution in [3.05, 3.63) is 95.4 Å². The van der Waals surface area contributed by atoms with Crippen LogP contribution < -0.4 is 4.74 Å². The topological polar surface area (TPSA) is 75.2 Å². The van der Waals surface area contributed by atoms with Crippen LogP contribution >= 0.6 is 0 Å². The SMILES string of the molecule is CC#CC(CC(=O)O)c1ccc(OC(Cc2ccc(F)cc2)c2cccc3[nH]ncc23)cc1. The van der Waals surface area contributed by atoms with Crippen molar-refractivity contribution in [3.63, 3.8) is 0 Å². The summed E-state index contributed by atoms with van der Waals surface area (Å²) in [5.41, 5.74) is 3.64. The first-order valence-corrected chi connectivity index (χ1v) is 10.6. The maximum atomic E-state index is 13.4. The van der Waals surface area contributed by atoms with Gasteiger partial charge < -0.3 is 9.84 Å². The van der Waals surface area contributed by atoms with Gasteiger partial charge in [-0.05, 0) is 48.4 Å². The van der Waals surface area contributed by atoms with E-state index in [1.165, 1.54) is 12.1 Å². The largest absolute Gasteiger partial charge is 0.485 e. The molecule has 1 heterocycles. The van der Waals surface area contributed by atoms with Crippen LogP contribution in [0.2, 0.25) is 0 Å². The van der Waals surface area contributed by atoms with Gasteiger partial charge in [-0.3, -0.25) is 9.89 Å². The Morgan fingerprint density at radius 2 is 1.88 bits per heavy atom. The molecule has 0 saturated carbocycles. The van der Waals surface area contributed by atoms with Crippen molar-refractivity contribution in [1.29, 1.82) is 0 Å². The van der Waals surface area contributed by atoms with Gasteiger partial charge in [0.15, 0.2) is 0 Å². The number of nitrogens with zero attached hydrogens (tertiary/aromatic N) is 1. The summed E-state index contributed by atoms with van der Waals surface area (Å²) in [4.78, 5) is 11.2. The number of rotatable bonds is 8. The smallest absolute Gasteiger partial charge is 0.304 e. The Labute approximate surface area is 191 Å². The number of hydrogen-bond acceptors (Lipinski definition) is 3. The first-order chi connectivity index (χ1) is 16.0. The predicted octanol–water partition coefficient (Wildman–Crippen LogP) is 5.65. The quantitative estimate of drug-likeness (QED) is 0.346. The van der Waals surface area contributed by atoms with Crippen LogP contribution in [0.1, 0.15) is 42.1 Å². The molecule has 33 heavy (non-hydrogen) atoms. The minimum atomic E-state index is -0.893. The Balaban J connectivity index is 1.63. The van der Waals surface area contributed by atoms with Crippen LogP contribution in [0.4, 0.5) is 4.39 Å². The second-order valence-electron chi connectivity index (χ2n) is 7.73. The molecular weight excluding hydrogens is 419 g/mol. The summed E-state index contributed by atoms with van der Waals surface area (Å²) in [5, 5.41) is 17.3. The molecule has 1 aromatic heterocycles. The van der Waals surface area contributed by atoms with E-state index in [1.54, 1.807) is 25.3 Å². The predicted molar refractivity (Wildman–Crippen MR) is 124 cm³/mol. The lowest BCUT2D eigenvalue weighted by Gasteiger charge is -2.21. The van der Waals surface area contributed by atoms with E-state index in [1.807, 2.05) is 42.5 Å². The molecule has 2 N–H and O–H groups in total. The zero-order valence-corrected chi connectivity index (χ0v) is 18.1. The summed E-state index contributed by atoms with van der Waals surface area (Å²) in [7, 11) is 0. The number of aliphatic carboxylic acids is 1. The van der Waals surface area contributed by atoms with Gasteiger partial charge in [-0.15, -0.1) is 5.92 Å². The van der Waals surface area contributed by atoms with Gasteiger partial charge in [0, 0.05) is 17.4 Å². The Kier molecular flexibility index (Phi) is 6.70. The summed E-state index contributed by atoms with van der Waals surface area (Å²) < 4.78 is 19.8. The first-order valence-electron chi connectivity index (χ1n) is 10.6. The molecular formula is C27H23FN2O3. The summed E-state index contributed by atoms with van der Waals surface area (Å²) in [5.74, 6) is 4.85. The number of carboxylic acids is 1. The molecule has 4 rings (SSSR count). The normalized spacial score (nSPS) is 12.5. The number of fused-ring (bicyclic) bond motifs is 1. The number of hydrogen-bond donors (Lipinski definition) is 2. The van der Waals surface area contributed by atoms with Crippen molar-refractivity contribution < 1.29 is 19.0 Å². The van der Waals surface area contributed by atoms with Crippen molar-refractivity contribution in [2.24, 2.45) is 0 Å². The van der Waals surface area contributed by atoms with E-state index in [4.69, 9.17) is 4.74 Å². The van der Waals surface area contributed by atoms with E-state index >= 15 is 0 Å². The Hall–Kier alpha value is -4.11. The molecule has 3 aromatic carbocycles. The van der Waals surface area contributed by atoms with Crippen LogP contribution in [-0.4, -0.2) is 21.3 Å². The molecule has 0 spiro atoms. The average Bonchev–Trinajstić information content (AvgIpc) is 3.29. The number of aromatic amines is 1. The lowest BCUT2D eigenvalue weighted by molar-refractivity contribution is -0.137. The fourth-order valence-corrected chi connectivity index (χ4v) is 3.87. The second kappa shape index (κ2) is 10.0. The van der Waals surface area contributed by atoms with Gasteiger partial charge in [-0.2, -0.15) is 5.10 Å². The van der Waals surface area contributed by atoms with E-state index < -0.39 is 5.97 Å². The molecule has 5 nitrogen and oxygen atoms in total. The molecule has 0 amide bonds. The molecule has 0 aliphatic rings. The van der Waals surface area contributed by atoms with Crippen LogP contribution in [0.5, 0.6) is 5.75 Å². The van der Waals surface area contributed by atoms with E-state index in [0.717, 1.165) is 27.6 Å². The van der Waals surface area contributed by atoms with Crippen LogP contribution in [0.15, 0.2) is 72.9 Å². The molecule has 4 aromatic rings. The zero-order chi connectivity index (χ0) is 23.2. The number of aromatic nitrogens is 2. The minimum absolute atomic E-state index is 0.0588. The Bertz CT molecular complexity index is 1300. The second-order valence-corrected chi connectivity index (χ2v) is 7.73. The molecule has 0 radical (unpaired) electrons. The van der Waals surface area contributed by atoms with E-state index in [9.17, 15) is 14.3 Å². The standard InChI is InChI=1S/C27H23FN2O3/c1-2-4-20(16-27(31)32)19-9-13-22(14-10-19)33-26(15-18-7-11-21(28)12-8-18)23-5-3-6-25-24(23)17-29-30-25/h3,5-14,17,20,26H,15-16H2,1H3,(H,29,30)(H,31,32). The summed E-state index contributed by atoms with van der Waals surface area (Å²) in [6.45, 7) is 1.70. The third-order valence-corrected chi connectivity index (χ3v) is 5.46. The maximum absolute atomic E-state index is 13.4. The number of H-pyrrole nitrogens is 1. The monoisotopic (exact) mass is 442 g/mol. The molecule has 0 fully saturated rings. The number of ether oxygens (including phenoxy) is 1. The molecule has 0 aliphatic heterocycles. The molecule has 2 unspecified atom stereocenters. The van der Waals surface area contributed by atoms with Crippen molar-refractivity contribution >= 4 is 16.9 Å². The van der Waals surface area contributed by atoms with Gasteiger partial charge in [0.05, 0.1) is 24.1 Å². The van der Waals surface area contributed by atoms with Gasteiger partial charge in [0.1, 0.15) is 17.7 Å².